The molecule has 0 spiro atoms. The zero-order chi connectivity index (χ0) is 19.8. The first kappa shape index (κ1) is 19.8. The molecule has 0 fully saturated rings. The summed E-state index contributed by atoms with van der Waals surface area (Å²) in [5.74, 6) is -0.785. The van der Waals surface area contributed by atoms with Crippen molar-refractivity contribution in [1.29, 1.82) is 0 Å². The molecular weight excluding hydrogens is 391 g/mol. The van der Waals surface area contributed by atoms with Crippen molar-refractivity contribution in [3.05, 3.63) is 58.4 Å². The summed E-state index contributed by atoms with van der Waals surface area (Å²) in [5, 5.41) is 0.216. The van der Waals surface area contributed by atoms with Crippen LogP contribution in [-0.4, -0.2) is 39.3 Å². The van der Waals surface area contributed by atoms with Gasteiger partial charge in [0.15, 0.2) is 0 Å². The quantitative estimate of drug-likeness (QED) is 0.777. The minimum Gasteiger partial charge on any atom is -0.312 e. The van der Waals surface area contributed by atoms with Gasteiger partial charge in [0.25, 0.3) is 0 Å². The van der Waals surface area contributed by atoms with E-state index in [2.05, 4.69) is 0 Å². The molecule has 0 saturated carbocycles. The number of carbonyl (C=O) groups is 1. The summed E-state index contributed by atoms with van der Waals surface area (Å²) in [7, 11) is -0.595. The number of fused-ring (bicyclic) bond motifs is 1. The van der Waals surface area contributed by atoms with E-state index in [-0.39, 0.29) is 27.8 Å². The zero-order valence-corrected chi connectivity index (χ0v) is 16.6. The molecule has 0 saturated heterocycles. The number of nitrogens with zero attached hydrogens (tertiary/aromatic N) is 2. The second kappa shape index (κ2) is 7.58. The lowest BCUT2D eigenvalue weighted by atomic mass is 10.0. The largest absolute Gasteiger partial charge is 0.312 e. The number of sulfonamides is 1. The third kappa shape index (κ3) is 3.85. The Bertz CT molecular complexity index is 972. The third-order valence-corrected chi connectivity index (χ3v) is 6.80. The first-order chi connectivity index (χ1) is 12.7. The van der Waals surface area contributed by atoms with Crippen molar-refractivity contribution >= 4 is 33.2 Å². The molecule has 8 heteroatoms. The van der Waals surface area contributed by atoms with E-state index in [1.54, 1.807) is 23.1 Å². The van der Waals surface area contributed by atoms with Crippen molar-refractivity contribution in [3.63, 3.8) is 0 Å². The normalized spacial score (nSPS) is 14.3. The number of rotatable bonds is 4. The minimum absolute atomic E-state index is 0.150. The van der Waals surface area contributed by atoms with Crippen molar-refractivity contribution < 1.29 is 17.6 Å². The minimum atomic E-state index is -3.55. The fourth-order valence-electron chi connectivity index (χ4n) is 3.15. The number of amides is 1. The van der Waals surface area contributed by atoms with Gasteiger partial charge in [-0.2, -0.15) is 0 Å². The van der Waals surface area contributed by atoms with Crippen LogP contribution in [0.2, 0.25) is 5.02 Å². The molecule has 0 aromatic heterocycles. The lowest BCUT2D eigenvalue weighted by Crippen LogP contribution is -2.37. The lowest BCUT2D eigenvalue weighted by molar-refractivity contribution is -0.118. The van der Waals surface area contributed by atoms with Crippen LogP contribution >= 0.6 is 11.6 Å². The molecule has 1 aliphatic heterocycles. The number of benzene rings is 2. The van der Waals surface area contributed by atoms with Crippen LogP contribution in [0.3, 0.4) is 0 Å². The molecule has 0 atom stereocenters. The van der Waals surface area contributed by atoms with Crippen molar-refractivity contribution in [2.45, 2.75) is 24.2 Å². The van der Waals surface area contributed by atoms with E-state index in [4.69, 9.17) is 11.6 Å². The number of hydrogen-bond donors (Lipinski definition) is 0. The first-order valence-corrected chi connectivity index (χ1v) is 10.3. The number of hydrogen-bond acceptors (Lipinski definition) is 3. The van der Waals surface area contributed by atoms with Crippen LogP contribution in [0.1, 0.15) is 17.5 Å². The van der Waals surface area contributed by atoms with Gasteiger partial charge < -0.3 is 4.90 Å². The number of anilines is 1. The second-order valence-electron chi connectivity index (χ2n) is 6.60. The van der Waals surface area contributed by atoms with Crippen molar-refractivity contribution in [2.75, 3.05) is 25.5 Å². The maximum Gasteiger partial charge on any atom is 0.242 e. The Kier molecular flexibility index (Phi) is 5.55. The average Bonchev–Trinajstić information content (AvgIpc) is 2.63. The van der Waals surface area contributed by atoms with Gasteiger partial charge in [-0.05, 0) is 48.7 Å². The molecule has 2 aromatic rings. The van der Waals surface area contributed by atoms with Gasteiger partial charge in [-0.25, -0.2) is 17.1 Å². The second-order valence-corrected chi connectivity index (χ2v) is 9.16. The van der Waals surface area contributed by atoms with E-state index in [1.807, 2.05) is 0 Å². The van der Waals surface area contributed by atoms with Crippen LogP contribution in [0.5, 0.6) is 0 Å². The summed E-state index contributed by atoms with van der Waals surface area (Å²) in [6.07, 6.45) is 1.23. The Morgan fingerprint density at radius 2 is 2.00 bits per heavy atom. The Hall–Kier alpha value is -1.96. The monoisotopic (exact) mass is 410 g/mol. The Morgan fingerprint density at radius 1 is 1.26 bits per heavy atom. The zero-order valence-electron chi connectivity index (χ0n) is 15.1. The van der Waals surface area contributed by atoms with E-state index >= 15 is 0 Å². The molecular formula is C19H20ClFN2O3S. The van der Waals surface area contributed by atoms with Gasteiger partial charge in [-0.1, -0.05) is 17.7 Å². The maximum atomic E-state index is 14.0. The van der Waals surface area contributed by atoms with Crippen molar-refractivity contribution in [2.24, 2.45) is 0 Å². The van der Waals surface area contributed by atoms with Gasteiger partial charge in [-0.15, -0.1) is 0 Å². The predicted octanol–water partition coefficient (Wildman–Crippen LogP) is 3.25. The Labute approximate surface area is 163 Å². The Morgan fingerprint density at radius 3 is 2.67 bits per heavy atom. The van der Waals surface area contributed by atoms with Crippen molar-refractivity contribution in [1.82, 2.24) is 4.31 Å². The molecule has 0 aliphatic carbocycles. The number of halogens is 2. The summed E-state index contributed by atoms with van der Waals surface area (Å²) in [6, 6.07) is 9.07. The highest BCUT2D eigenvalue weighted by atomic mass is 35.5. The topological polar surface area (TPSA) is 57.7 Å². The van der Waals surface area contributed by atoms with Crippen molar-refractivity contribution in [3.8, 4) is 0 Å². The van der Waals surface area contributed by atoms with Crippen LogP contribution in [0, 0.1) is 5.82 Å². The summed E-state index contributed by atoms with van der Waals surface area (Å²) >= 11 is 6.03. The standard InChI is InChI=1S/C19H20ClFN2O3S/c1-22(2)27(25,26)14-8-9-18-13(11-14)5-4-10-23(18)19(24)12-15-16(20)6-3-7-17(15)21/h3,6-9,11H,4-5,10,12H2,1-2H3. The first-order valence-electron chi connectivity index (χ1n) is 8.50. The number of carbonyl (C=O) groups excluding carboxylic acids is 1. The van der Waals surface area contributed by atoms with Gasteiger partial charge in [0.2, 0.25) is 15.9 Å². The maximum absolute atomic E-state index is 14.0. The molecule has 3 rings (SSSR count). The molecule has 5 nitrogen and oxygen atoms in total. The molecule has 0 unspecified atom stereocenters. The van der Waals surface area contributed by atoms with Gasteiger partial charge in [0.1, 0.15) is 5.82 Å². The molecule has 1 aliphatic rings. The SMILES string of the molecule is CN(C)S(=O)(=O)c1ccc2c(c1)CCCN2C(=O)Cc1c(F)cccc1Cl. The average molecular weight is 411 g/mol. The summed E-state index contributed by atoms with van der Waals surface area (Å²) in [6.45, 7) is 0.498. The molecule has 0 bridgehead atoms. The Balaban J connectivity index is 1.91. The number of aryl methyl sites for hydroxylation is 1. The van der Waals surface area contributed by atoms with Gasteiger partial charge >= 0.3 is 0 Å². The predicted molar refractivity (Wildman–Crippen MR) is 103 cm³/mol. The van der Waals surface area contributed by atoms with Crippen LogP contribution in [0.25, 0.3) is 0 Å². The summed E-state index contributed by atoms with van der Waals surface area (Å²) in [4.78, 5) is 14.6. The molecule has 27 heavy (non-hydrogen) atoms. The fourth-order valence-corrected chi connectivity index (χ4v) is 4.33. The van der Waals surface area contributed by atoms with Crippen LogP contribution in [0.15, 0.2) is 41.3 Å². The fraction of sp³-hybridized carbons (Fsp3) is 0.316. The van der Waals surface area contributed by atoms with Crippen LogP contribution in [0.4, 0.5) is 10.1 Å². The van der Waals surface area contributed by atoms with E-state index < -0.39 is 15.8 Å². The highest BCUT2D eigenvalue weighted by molar-refractivity contribution is 7.89. The van der Waals surface area contributed by atoms with Gasteiger partial charge in [0, 0.05) is 36.9 Å². The highest BCUT2D eigenvalue weighted by Gasteiger charge is 2.26. The molecule has 1 amide bonds. The van der Waals surface area contributed by atoms with E-state index in [0.717, 1.165) is 9.87 Å². The van der Waals surface area contributed by atoms with E-state index in [9.17, 15) is 17.6 Å². The molecule has 2 aromatic carbocycles. The van der Waals surface area contributed by atoms with Gasteiger partial charge in [-0.3, -0.25) is 4.79 Å². The van der Waals surface area contributed by atoms with E-state index in [0.29, 0.717) is 25.1 Å². The third-order valence-electron chi connectivity index (χ3n) is 4.64. The highest BCUT2D eigenvalue weighted by Crippen LogP contribution is 2.31. The molecule has 0 radical (unpaired) electrons. The smallest absolute Gasteiger partial charge is 0.242 e. The summed E-state index contributed by atoms with van der Waals surface area (Å²) < 4.78 is 39.8. The molecule has 144 valence electrons. The summed E-state index contributed by atoms with van der Waals surface area (Å²) in [5.41, 5.74) is 1.62. The molecule has 0 N–H and O–H groups in total. The van der Waals surface area contributed by atoms with Crippen LogP contribution < -0.4 is 4.90 Å². The lowest BCUT2D eigenvalue weighted by Gasteiger charge is -2.30. The van der Waals surface area contributed by atoms with E-state index in [1.165, 1.54) is 32.3 Å². The van der Waals surface area contributed by atoms with Gasteiger partial charge in [0.05, 0.1) is 11.3 Å². The van der Waals surface area contributed by atoms with Crippen LogP contribution in [-0.2, 0) is 27.7 Å². The molecule has 1 heterocycles.